The summed E-state index contributed by atoms with van der Waals surface area (Å²) in [5, 5.41) is 0. The second-order valence-corrected chi connectivity index (χ2v) is 4.88. The lowest BCUT2D eigenvalue weighted by Gasteiger charge is -2.33. The number of carbonyl (C=O) groups excluding carboxylic acids is 1. The van der Waals surface area contributed by atoms with Gasteiger partial charge in [-0.2, -0.15) is 0 Å². The summed E-state index contributed by atoms with van der Waals surface area (Å²) in [6.07, 6.45) is 6.69. The van der Waals surface area contributed by atoms with E-state index >= 15 is 0 Å². The standard InChI is InChI=1S/C13H19NO/c1-10-5-6-12(8-11(10)2)14-7-3-4-13(14)9-15/h3-4,7,9-12H,5-6,8H2,1-2H3. The minimum atomic E-state index is 0.534. The Hall–Kier alpha value is -1.05. The number of aromatic nitrogens is 1. The van der Waals surface area contributed by atoms with E-state index in [1.807, 2.05) is 18.3 Å². The van der Waals surface area contributed by atoms with Gasteiger partial charge in [0.05, 0.1) is 5.69 Å². The normalized spacial score (nSPS) is 31.5. The van der Waals surface area contributed by atoms with Crippen LogP contribution in [0.1, 0.15) is 49.6 Å². The third-order valence-electron chi connectivity index (χ3n) is 3.90. The molecule has 15 heavy (non-hydrogen) atoms. The van der Waals surface area contributed by atoms with Crippen LogP contribution in [0, 0.1) is 11.8 Å². The molecule has 2 nitrogen and oxygen atoms in total. The maximum absolute atomic E-state index is 10.9. The molecule has 0 amide bonds. The van der Waals surface area contributed by atoms with Crippen molar-refractivity contribution >= 4 is 6.29 Å². The summed E-state index contributed by atoms with van der Waals surface area (Å²) in [6, 6.07) is 4.40. The van der Waals surface area contributed by atoms with Crippen LogP contribution >= 0.6 is 0 Å². The van der Waals surface area contributed by atoms with Gasteiger partial charge in [-0.05, 0) is 43.2 Å². The molecular formula is C13H19NO. The van der Waals surface area contributed by atoms with Gasteiger partial charge in [-0.1, -0.05) is 13.8 Å². The van der Waals surface area contributed by atoms with Crippen molar-refractivity contribution in [3.63, 3.8) is 0 Å². The van der Waals surface area contributed by atoms with E-state index in [9.17, 15) is 4.79 Å². The predicted molar refractivity (Wildman–Crippen MR) is 61.0 cm³/mol. The fourth-order valence-corrected chi connectivity index (χ4v) is 2.61. The van der Waals surface area contributed by atoms with Gasteiger partial charge in [0, 0.05) is 12.2 Å². The largest absolute Gasteiger partial charge is 0.342 e. The van der Waals surface area contributed by atoms with Gasteiger partial charge in [-0.15, -0.1) is 0 Å². The Labute approximate surface area is 91.3 Å². The van der Waals surface area contributed by atoms with Crippen molar-refractivity contribution in [3.8, 4) is 0 Å². The molecule has 2 rings (SSSR count). The topological polar surface area (TPSA) is 22.0 Å². The smallest absolute Gasteiger partial charge is 0.166 e. The van der Waals surface area contributed by atoms with Crippen LogP contribution in [-0.2, 0) is 0 Å². The zero-order valence-electron chi connectivity index (χ0n) is 9.52. The summed E-state index contributed by atoms with van der Waals surface area (Å²) in [4.78, 5) is 10.9. The van der Waals surface area contributed by atoms with Crippen molar-refractivity contribution in [2.45, 2.75) is 39.2 Å². The molecule has 0 saturated heterocycles. The fourth-order valence-electron chi connectivity index (χ4n) is 2.61. The first-order valence-corrected chi connectivity index (χ1v) is 5.84. The third kappa shape index (κ3) is 1.99. The molecule has 0 radical (unpaired) electrons. The molecule has 0 spiro atoms. The number of hydrogen-bond acceptors (Lipinski definition) is 1. The number of rotatable bonds is 2. The molecule has 0 aromatic carbocycles. The van der Waals surface area contributed by atoms with E-state index in [4.69, 9.17) is 0 Å². The molecule has 0 aliphatic heterocycles. The van der Waals surface area contributed by atoms with Crippen LogP contribution in [-0.4, -0.2) is 10.9 Å². The van der Waals surface area contributed by atoms with Gasteiger partial charge in [-0.25, -0.2) is 0 Å². The lowest BCUT2D eigenvalue weighted by molar-refractivity contribution is 0.110. The summed E-state index contributed by atoms with van der Waals surface area (Å²) in [5.74, 6) is 1.60. The van der Waals surface area contributed by atoms with Gasteiger partial charge < -0.3 is 4.57 Å². The minimum Gasteiger partial charge on any atom is -0.342 e. The summed E-state index contributed by atoms with van der Waals surface area (Å²) in [5.41, 5.74) is 0.821. The molecule has 2 heteroatoms. The zero-order chi connectivity index (χ0) is 10.8. The van der Waals surface area contributed by atoms with Crippen LogP contribution in [0.15, 0.2) is 18.3 Å². The highest BCUT2D eigenvalue weighted by Crippen LogP contribution is 2.36. The monoisotopic (exact) mass is 205 g/mol. The average Bonchev–Trinajstić information content (AvgIpc) is 2.70. The molecule has 3 atom stereocenters. The maximum atomic E-state index is 10.9. The second-order valence-electron chi connectivity index (χ2n) is 4.88. The summed E-state index contributed by atoms with van der Waals surface area (Å²) < 4.78 is 2.15. The van der Waals surface area contributed by atoms with E-state index in [0.717, 1.165) is 23.8 Å². The van der Waals surface area contributed by atoms with Crippen molar-refractivity contribution in [1.82, 2.24) is 4.57 Å². The van der Waals surface area contributed by atoms with Gasteiger partial charge in [-0.3, -0.25) is 4.79 Å². The molecule has 0 N–H and O–H groups in total. The Balaban J connectivity index is 2.15. The number of hydrogen-bond donors (Lipinski definition) is 0. The lowest BCUT2D eigenvalue weighted by Crippen LogP contribution is -2.23. The predicted octanol–water partition coefficient (Wildman–Crippen LogP) is 3.30. The number of carbonyl (C=O) groups is 1. The zero-order valence-corrected chi connectivity index (χ0v) is 9.52. The van der Waals surface area contributed by atoms with Crippen LogP contribution < -0.4 is 0 Å². The van der Waals surface area contributed by atoms with Crippen molar-refractivity contribution in [1.29, 1.82) is 0 Å². The van der Waals surface area contributed by atoms with Gasteiger partial charge >= 0.3 is 0 Å². The van der Waals surface area contributed by atoms with E-state index in [0.29, 0.717) is 6.04 Å². The van der Waals surface area contributed by atoms with E-state index in [-0.39, 0.29) is 0 Å². The third-order valence-corrected chi connectivity index (χ3v) is 3.90. The van der Waals surface area contributed by atoms with E-state index in [1.54, 1.807) is 0 Å². The Kier molecular flexibility index (Phi) is 2.94. The molecule has 1 saturated carbocycles. The molecule has 1 aromatic rings. The second kappa shape index (κ2) is 4.21. The van der Waals surface area contributed by atoms with Gasteiger partial charge in [0.1, 0.15) is 0 Å². The molecule has 1 aromatic heterocycles. The van der Waals surface area contributed by atoms with Crippen LogP contribution in [0.3, 0.4) is 0 Å². The quantitative estimate of drug-likeness (QED) is 0.679. The van der Waals surface area contributed by atoms with Gasteiger partial charge in [0.15, 0.2) is 6.29 Å². The molecule has 1 aliphatic rings. The molecule has 82 valence electrons. The van der Waals surface area contributed by atoms with Crippen molar-refractivity contribution in [2.75, 3.05) is 0 Å². The van der Waals surface area contributed by atoms with Crippen molar-refractivity contribution in [3.05, 3.63) is 24.0 Å². The van der Waals surface area contributed by atoms with Gasteiger partial charge in [0.25, 0.3) is 0 Å². The highest BCUT2D eigenvalue weighted by atomic mass is 16.1. The Morgan fingerprint density at radius 3 is 2.80 bits per heavy atom. The molecule has 3 unspecified atom stereocenters. The molecular weight excluding hydrogens is 186 g/mol. The van der Waals surface area contributed by atoms with Crippen molar-refractivity contribution in [2.24, 2.45) is 11.8 Å². The van der Waals surface area contributed by atoms with Crippen LogP contribution in [0.2, 0.25) is 0 Å². The van der Waals surface area contributed by atoms with E-state index < -0.39 is 0 Å². The molecule has 1 heterocycles. The SMILES string of the molecule is CC1CCC(n2cccc2C=O)CC1C. The molecule has 1 aliphatic carbocycles. The summed E-state index contributed by atoms with van der Waals surface area (Å²) >= 11 is 0. The average molecular weight is 205 g/mol. The lowest BCUT2D eigenvalue weighted by atomic mass is 9.79. The number of aldehydes is 1. The van der Waals surface area contributed by atoms with Crippen LogP contribution in [0.4, 0.5) is 0 Å². The molecule has 0 bridgehead atoms. The Morgan fingerprint density at radius 1 is 1.33 bits per heavy atom. The van der Waals surface area contributed by atoms with E-state index in [1.165, 1.54) is 19.3 Å². The molecule has 1 fully saturated rings. The maximum Gasteiger partial charge on any atom is 0.166 e. The first-order valence-electron chi connectivity index (χ1n) is 5.84. The first kappa shape index (κ1) is 10.5. The van der Waals surface area contributed by atoms with Crippen LogP contribution in [0.5, 0.6) is 0 Å². The highest BCUT2D eigenvalue weighted by molar-refractivity contribution is 5.72. The van der Waals surface area contributed by atoms with Gasteiger partial charge in [0.2, 0.25) is 0 Å². The highest BCUT2D eigenvalue weighted by Gasteiger charge is 2.25. The number of nitrogens with zero attached hydrogens (tertiary/aromatic N) is 1. The fraction of sp³-hybridized carbons (Fsp3) is 0.615. The van der Waals surface area contributed by atoms with Crippen molar-refractivity contribution < 1.29 is 4.79 Å². The Morgan fingerprint density at radius 2 is 2.13 bits per heavy atom. The summed E-state index contributed by atoms with van der Waals surface area (Å²) in [6.45, 7) is 4.65. The summed E-state index contributed by atoms with van der Waals surface area (Å²) in [7, 11) is 0. The first-order chi connectivity index (χ1) is 7.22. The minimum absolute atomic E-state index is 0.534. The van der Waals surface area contributed by atoms with Crippen LogP contribution in [0.25, 0.3) is 0 Å². The van der Waals surface area contributed by atoms with E-state index in [2.05, 4.69) is 18.4 Å². The Bertz CT molecular complexity index is 342.